The number of aromatic nitrogens is 2. The molecule has 1 aromatic heterocycles. The third kappa shape index (κ3) is 2.47. The summed E-state index contributed by atoms with van der Waals surface area (Å²) in [4.78, 5) is 4.15. The lowest BCUT2D eigenvalue weighted by Crippen LogP contribution is -2.13. The van der Waals surface area contributed by atoms with Gasteiger partial charge < -0.3 is 4.57 Å². The molecular weight excluding hydrogens is 293 g/mol. The SMILES string of the molecule is Cn1cnc2cc(S(=O)(=O)Nc3ccccc3F)ccc21. The fourth-order valence-electron chi connectivity index (χ4n) is 2.03. The predicted molar refractivity (Wildman–Crippen MR) is 77.9 cm³/mol. The summed E-state index contributed by atoms with van der Waals surface area (Å²) in [7, 11) is -2.04. The van der Waals surface area contributed by atoms with Gasteiger partial charge in [0.15, 0.2) is 0 Å². The Morgan fingerprint density at radius 1 is 1.19 bits per heavy atom. The number of sulfonamides is 1. The second-order valence-corrected chi connectivity index (χ2v) is 6.27. The minimum atomic E-state index is -3.86. The quantitative estimate of drug-likeness (QED) is 0.808. The molecule has 1 N–H and O–H groups in total. The van der Waals surface area contributed by atoms with E-state index in [1.165, 1.54) is 30.3 Å². The molecule has 0 bridgehead atoms. The molecule has 0 unspecified atom stereocenters. The maximum absolute atomic E-state index is 13.5. The Labute approximate surface area is 121 Å². The Balaban J connectivity index is 2.02. The minimum absolute atomic E-state index is 0.0388. The summed E-state index contributed by atoms with van der Waals surface area (Å²) in [5.74, 6) is -0.625. The van der Waals surface area contributed by atoms with E-state index in [-0.39, 0.29) is 10.6 Å². The zero-order valence-electron chi connectivity index (χ0n) is 11.1. The Morgan fingerprint density at radius 2 is 1.95 bits per heavy atom. The van der Waals surface area contributed by atoms with Crippen molar-refractivity contribution in [3.8, 4) is 0 Å². The van der Waals surface area contributed by atoms with Gasteiger partial charge in [-0.25, -0.2) is 17.8 Å². The molecule has 0 saturated carbocycles. The fourth-order valence-corrected chi connectivity index (χ4v) is 3.12. The second-order valence-electron chi connectivity index (χ2n) is 4.59. The van der Waals surface area contributed by atoms with Crippen LogP contribution in [-0.4, -0.2) is 18.0 Å². The zero-order valence-corrected chi connectivity index (χ0v) is 11.9. The van der Waals surface area contributed by atoms with Crippen LogP contribution in [0.4, 0.5) is 10.1 Å². The van der Waals surface area contributed by atoms with Gasteiger partial charge in [0.1, 0.15) is 5.82 Å². The average molecular weight is 305 g/mol. The van der Waals surface area contributed by atoms with E-state index < -0.39 is 15.8 Å². The van der Waals surface area contributed by atoms with Crippen molar-refractivity contribution in [2.45, 2.75) is 4.90 Å². The molecule has 0 amide bonds. The summed E-state index contributed by atoms with van der Waals surface area (Å²) in [6.07, 6.45) is 1.60. The van der Waals surface area contributed by atoms with Crippen LogP contribution in [0.25, 0.3) is 11.0 Å². The first-order valence-electron chi connectivity index (χ1n) is 6.16. The van der Waals surface area contributed by atoms with E-state index in [1.54, 1.807) is 23.0 Å². The maximum Gasteiger partial charge on any atom is 0.262 e. The summed E-state index contributed by atoms with van der Waals surface area (Å²) < 4.78 is 42.2. The number of benzene rings is 2. The zero-order chi connectivity index (χ0) is 15.0. The third-order valence-corrected chi connectivity index (χ3v) is 4.49. The van der Waals surface area contributed by atoms with Crippen molar-refractivity contribution in [3.63, 3.8) is 0 Å². The molecule has 0 fully saturated rings. The number of hydrogen-bond donors (Lipinski definition) is 1. The summed E-state index contributed by atoms with van der Waals surface area (Å²) in [6.45, 7) is 0. The minimum Gasteiger partial charge on any atom is -0.334 e. The number of aryl methyl sites for hydroxylation is 1. The summed E-state index contributed by atoms with van der Waals surface area (Å²) >= 11 is 0. The monoisotopic (exact) mass is 305 g/mol. The Hall–Kier alpha value is -2.41. The van der Waals surface area contributed by atoms with Crippen LogP contribution in [0, 0.1) is 5.82 Å². The maximum atomic E-state index is 13.5. The van der Waals surface area contributed by atoms with Gasteiger partial charge in [-0.2, -0.15) is 0 Å². The van der Waals surface area contributed by atoms with Gasteiger partial charge in [-0.05, 0) is 30.3 Å². The van der Waals surface area contributed by atoms with Crippen LogP contribution in [-0.2, 0) is 17.1 Å². The lowest BCUT2D eigenvalue weighted by atomic mass is 10.3. The average Bonchev–Trinajstić information content (AvgIpc) is 2.82. The first-order chi connectivity index (χ1) is 9.97. The predicted octanol–water partition coefficient (Wildman–Crippen LogP) is 2.51. The summed E-state index contributed by atoms with van der Waals surface area (Å²) in [5, 5.41) is 0. The van der Waals surface area contributed by atoms with Gasteiger partial charge in [-0.3, -0.25) is 4.72 Å². The molecule has 3 rings (SSSR count). The number of imidazole rings is 1. The standard InChI is InChI=1S/C14H12FN3O2S/c1-18-9-16-13-8-10(6-7-14(13)18)21(19,20)17-12-5-3-2-4-11(12)15/h2-9,17H,1H3. The highest BCUT2D eigenvalue weighted by atomic mass is 32.2. The smallest absolute Gasteiger partial charge is 0.262 e. The molecule has 0 aliphatic rings. The van der Waals surface area contributed by atoms with Crippen LogP contribution in [0.5, 0.6) is 0 Å². The van der Waals surface area contributed by atoms with Crippen molar-refractivity contribution >= 4 is 26.7 Å². The molecular formula is C14H12FN3O2S. The molecule has 21 heavy (non-hydrogen) atoms. The molecule has 0 atom stereocenters. The van der Waals surface area contributed by atoms with Gasteiger partial charge in [0.05, 0.1) is 27.9 Å². The number of para-hydroxylation sites is 1. The molecule has 1 heterocycles. The number of fused-ring (bicyclic) bond motifs is 1. The van der Waals surface area contributed by atoms with Gasteiger partial charge in [-0.1, -0.05) is 12.1 Å². The molecule has 108 valence electrons. The fraction of sp³-hybridized carbons (Fsp3) is 0.0714. The van der Waals surface area contributed by atoms with Crippen molar-refractivity contribution in [3.05, 3.63) is 54.6 Å². The van der Waals surface area contributed by atoms with Crippen molar-refractivity contribution in [1.29, 1.82) is 0 Å². The molecule has 5 nitrogen and oxygen atoms in total. The van der Waals surface area contributed by atoms with Crippen molar-refractivity contribution in [1.82, 2.24) is 9.55 Å². The van der Waals surface area contributed by atoms with Crippen LogP contribution in [0.15, 0.2) is 53.7 Å². The molecule has 0 aliphatic carbocycles. The van der Waals surface area contributed by atoms with E-state index in [2.05, 4.69) is 9.71 Å². The second kappa shape index (κ2) is 4.85. The van der Waals surface area contributed by atoms with Gasteiger partial charge in [0.25, 0.3) is 10.0 Å². The molecule has 0 saturated heterocycles. The molecule has 0 aliphatic heterocycles. The summed E-state index contributed by atoms with van der Waals surface area (Å²) in [5.41, 5.74) is 1.30. The van der Waals surface area contributed by atoms with E-state index in [0.29, 0.717) is 5.52 Å². The van der Waals surface area contributed by atoms with Crippen LogP contribution < -0.4 is 4.72 Å². The van der Waals surface area contributed by atoms with Crippen molar-refractivity contribution in [2.24, 2.45) is 7.05 Å². The van der Waals surface area contributed by atoms with E-state index in [9.17, 15) is 12.8 Å². The van der Waals surface area contributed by atoms with Crippen LogP contribution in [0.1, 0.15) is 0 Å². The van der Waals surface area contributed by atoms with Gasteiger partial charge in [0.2, 0.25) is 0 Å². The highest BCUT2D eigenvalue weighted by Gasteiger charge is 2.17. The lowest BCUT2D eigenvalue weighted by Gasteiger charge is -2.08. The molecule has 3 aromatic rings. The third-order valence-electron chi connectivity index (χ3n) is 3.13. The number of anilines is 1. The number of hydrogen-bond acceptors (Lipinski definition) is 3. The number of rotatable bonds is 3. The van der Waals surface area contributed by atoms with Crippen molar-refractivity contribution in [2.75, 3.05) is 4.72 Å². The molecule has 0 radical (unpaired) electrons. The largest absolute Gasteiger partial charge is 0.334 e. The van der Waals surface area contributed by atoms with Gasteiger partial charge in [-0.15, -0.1) is 0 Å². The Kier molecular flexibility index (Phi) is 3.13. The van der Waals surface area contributed by atoms with Crippen LogP contribution in [0.2, 0.25) is 0 Å². The highest BCUT2D eigenvalue weighted by Crippen LogP contribution is 2.21. The number of halogens is 1. The normalized spacial score (nSPS) is 11.7. The molecule has 2 aromatic carbocycles. The topological polar surface area (TPSA) is 64.0 Å². The Morgan fingerprint density at radius 3 is 2.71 bits per heavy atom. The first-order valence-corrected chi connectivity index (χ1v) is 7.64. The lowest BCUT2D eigenvalue weighted by molar-refractivity contribution is 0.598. The Bertz CT molecular complexity index is 919. The van der Waals surface area contributed by atoms with E-state index in [1.807, 2.05) is 7.05 Å². The highest BCUT2D eigenvalue weighted by molar-refractivity contribution is 7.92. The number of nitrogens with zero attached hydrogens (tertiary/aromatic N) is 2. The van der Waals surface area contributed by atoms with Crippen molar-refractivity contribution < 1.29 is 12.8 Å². The van der Waals surface area contributed by atoms with Crippen LogP contribution in [0.3, 0.4) is 0 Å². The van der Waals surface area contributed by atoms with E-state index in [4.69, 9.17) is 0 Å². The van der Waals surface area contributed by atoms with E-state index >= 15 is 0 Å². The first kappa shape index (κ1) is 13.6. The molecule has 0 spiro atoms. The van der Waals surface area contributed by atoms with Gasteiger partial charge in [0, 0.05) is 7.05 Å². The van der Waals surface area contributed by atoms with Crippen LogP contribution >= 0.6 is 0 Å². The summed E-state index contributed by atoms with van der Waals surface area (Å²) in [6, 6.07) is 10.2. The van der Waals surface area contributed by atoms with Gasteiger partial charge >= 0.3 is 0 Å². The molecule has 7 heteroatoms. The number of nitrogens with one attached hydrogen (secondary N) is 1. The van der Waals surface area contributed by atoms with E-state index in [0.717, 1.165) is 5.52 Å².